The Kier molecular flexibility index (Phi) is 5.76. The first-order valence-corrected chi connectivity index (χ1v) is 9.49. The molecular formula is C18H31N3O3. The second-order valence-corrected chi connectivity index (χ2v) is 7.62. The average molecular weight is 337 g/mol. The molecule has 3 heterocycles. The topological polar surface area (TPSA) is 61.9 Å². The lowest BCUT2D eigenvalue weighted by Gasteiger charge is -2.39. The SMILES string of the molecule is CC1CCN(C(=O)C2CCN(C(=O)[C@H]3NCCO[C@@H]3C)CC2)CC1. The maximum Gasteiger partial charge on any atom is 0.242 e. The molecule has 0 aliphatic carbocycles. The summed E-state index contributed by atoms with van der Waals surface area (Å²) >= 11 is 0. The summed E-state index contributed by atoms with van der Waals surface area (Å²) in [6.45, 7) is 8.77. The van der Waals surface area contributed by atoms with E-state index in [4.69, 9.17) is 4.74 Å². The van der Waals surface area contributed by atoms with Gasteiger partial charge in [0.2, 0.25) is 11.8 Å². The molecule has 1 N–H and O–H groups in total. The molecule has 136 valence electrons. The van der Waals surface area contributed by atoms with Crippen molar-refractivity contribution < 1.29 is 14.3 Å². The summed E-state index contributed by atoms with van der Waals surface area (Å²) in [5, 5.41) is 3.26. The molecule has 6 nitrogen and oxygen atoms in total. The van der Waals surface area contributed by atoms with Crippen LogP contribution >= 0.6 is 0 Å². The highest BCUT2D eigenvalue weighted by Gasteiger charge is 2.36. The number of hydrogen-bond donors (Lipinski definition) is 1. The summed E-state index contributed by atoms with van der Waals surface area (Å²) < 4.78 is 5.58. The van der Waals surface area contributed by atoms with Crippen molar-refractivity contribution in [2.45, 2.75) is 51.7 Å². The number of carbonyl (C=O) groups excluding carboxylic acids is 2. The molecule has 3 rings (SSSR count). The maximum absolute atomic E-state index is 12.7. The van der Waals surface area contributed by atoms with Crippen molar-refractivity contribution in [1.82, 2.24) is 15.1 Å². The summed E-state index contributed by atoms with van der Waals surface area (Å²) in [5.74, 6) is 1.26. The Hall–Kier alpha value is -1.14. The van der Waals surface area contributed by atoms with Crippen LogP contribution in [0.1, 0.15) is 39.5 Å². The van der Waals surface area contributed by atoms with Crippen LogP contribution in [-0.2, 0) is 14.3 Å². The summed E-state index contributed by atoms with van der Waals surface area (Å²) in [4.78, 5) is 29.3. The number of nitrogens with zero attached hydrogens (tertiary/aromatic N) is 2. The Morgan fingerprint density at radius 1 is 0.917 bits per heavy atom. The smallest absolute Gasteiger partial charge is 0.242 e. The van der Waals surface area contributed by atoms with Crippen LogP contribution in [0.3, 0.4) is 0 Å². The molecule has 0 aromatic rings. The van der Waals surface area contributed by atoms with Crippen molar-refractivity contribution in [3.63, 3.8) is 0 Å². The first kappa shape index (κ1) is 17.7. The highest BCUT2D eigenvalue weighted by Crippen LogP contribution is 2.24. The zero-order chi connectivity index (χ0) is 17.1. The zero-order valence-electron chi connectivity index (χ0n) is 15.0. The normalized spacial score (nSPS) is 30.4. The Morgan fingerprint density at radius 2 is 1.50 bits per heavy atom. The molecule has 3 aliphatic heterocycles. The van der Waals surface area contributed by atoms with Crippen molar-refractivity contribution in [3.05, 3.63) is 0 Å². The quantitative estimate of drug-likeness (QED) is 0.812. The number of morpholine rings is 1. The van der Waals surface area contributed by atoms with E-state index in [-0.39, 0.29) is 24.0 Å². The number of nitrogens with one attached hydrogen (secondary N) is 1. The van der Waals surface area contributed by atoms with Gasteiger partial charge in [0.1, 0.15) is 6.04 Å². The van der Waals surface area contributed by atoms with Crippen LogP contribution in [0.2, 0.25) is 0 Å². The van der Waals surface area contributed by atoms with Gasteiger partial charge in [-0.1, -0.05) is 6.92 Å². The van der Waals surface area contributed by atoms with Crippen LogP contribution in [0.25, 0.3) is 0 Å². The monoisotopic (exact) mass is 337 g/mol. The first-order valence-electron chi connectivity index (χ1n) is 9.49. The molecule has 24 heavy (non-hydrogen) atoms. The Morgan fingerprint density at radius 3 is 2.12 bits per heavy atom. The third-order valence-corrected chi connectivity index (χ3v) is 5.83. The van der Waals surface area contributed by atoms with E-state index in [1.165, 1.54) is 0 Å². The van der Waals surface area contributed by atoms with Gasteiger partial charge in [0, 0.05) is 38.6 Å². The van der Waals surface area contributed by atoms with E-state index in [0.29, 0.717) is 25.6 Å². The fraction of sp³-hybridized carbons (Fsp3) is 0.889. The Labute approximate surface area is 144 Å². The molecule has 0 saturated carbocycles. The van der Waals surface area contributed by atoms with Crippen molar-refractivity contribution in [3.8, 4) is 0 Å². The lowest BCUT2D eigenvalue weighted by atomic mass is 9.92. The lowest BCUT2D eigenvalue weighted by Crippen LogP contribution is -2.58. The van der Waals surface area contributed by atoms with Crippen LogP contribution in [0.4, 0.5) is 0 Å². The van der Waals surface area contributed by atoms with E-state index >= 15 is 0 Å². The van der Waals surface area contributed by atoms with Gasteiger partial charge >= 0.3 is 0 Å². The highest BCUT2D eigenvalue weighted by atomic mass is 16.5. The van der Waals surface area contributed by atoms with Crippen molar-refractivity contribution in [2.75, 3.05) is 39.3 Å². The highest BCUT2D eigenvalue weighted by molar-refractivity contribution is 5.83. The minimum absolute atomic E-state index is 0.0825. The number of rotatable bonds is 2. The van der Waals surface area contributed by atoms with Crippen LogP contribution in [0, 0.1) is 11.8 Å². The standard InChI is InChI=1S/C18H31N3O3/c1-13-3-8-20(9-4-13)17(22)15-5-10-21(11-6-15)18(23)16-14(2)24-12-7-19-16/h13-16,19H,3-12H2,1-2H3/t14-,16+/m1/s1. The van der Waals surface area contributed by atoms with Crippen LogP contribution in [-0.4, -0.2) is 73.1 Å². The fourth-order valence-electron chi connectivity index (χ4n) is 4.04. The van der Waals surface area contributed by atoms with Gasteiger partial charge in [0.05, 0.1) is 12.7 Å². The van der Waals surface area contributed by atoms with E-state index in [1.54, 1.807) is 0 Å². The summed E-state index contributed by atoms with van der Waals surface area (Å²) in [7, 11) is 0. The van der Waals surface area contributed by atoms with Gasteiger partial charge < -0.3 is 19.9 Å². The Bertz CT molecular complexity index is 454. The van der Waals surface area contributed by atoms with Gasteiger partial charge in [-0.3, -0.25) is 9.59 Å². The molecule has 2 amide bonds. The predicted octanol–water partition coefficient (Wildman–Crippen LogP) is 0.860. The lowest BCUT2D eigenvalue weighted by molar-refractivity contribution is -0.145. The molecule has 6 heteroatoms. The van der Waals surface area contributed by atoms with E-state index in [2.05, 4.69) is 12.2 Å². The van der Waals surface area contributed by atoms with E-state index < -0.39 is 0 Å². The molecule has 0 aromatic carbocycles. The number of likely N-dealkylation sites (tertiary alicyclic amines) is 2. The van der Waals surface area contributed by atoms with Crippen molar-refractivity contribution in [2.24, 2.45) is 11.8 Å². The van der Waals surface area contributed by atoms with Crippen molar-refractivity contribution in [1.29, 1.82) is 0 Å². The number of amides is 2. The van der Waals surface area contributed by atoms with Gasteiger partial charge in [-0.15, -0.1) is 0 Å². The minimum Gasteiger partial charge on any atom is -0.375 e. The molecule has 0 spiro atoms. The van der Waals surface area contributed by atoms with Gasteiger partial charge in [0.25, 0.3) is 0 Å². The van der Waals surface area contributed by atoms with E-state index in [1.807, 2.05) is 16.7 Å². The van der Waals surface area contributed by atoms with Gasteiger partial charge in [-0.05, 0) is 38.5 Å². The summed E-state index contributed by atoms with van der Waals surface area (Å²) in [5.41, 5.74) is 0. The van der Waals surface area contributed by atoms with Crippen LogP contribution in [0.5, 0.6) is 0 Å². The number of ether oxygens (including phenoxy) is 1. The fourth-order valence-corrected chi connectivity index (χ4v) is 4.04. The molecule has 0 radical (unpaired) electrons. The zero-order valence-corrected chi connectivity index (χ0v) is 15.0. The third-order valence-electron chi connectivity index (χ3n) is 5.83. The van der Waals surface area contributed by atoms with Gasteiger partial charge in [-0.2, -0.15) is 0 Å². The van der Waals surface area contributed by atoms with Crippen molar-refractivity contribution >= 4 is 11.8 Å². The average Bonchev–Trinajstić information content (AvgIpc) is 2.62. The molecule has 3 saturated heterocycles. The second-order valence-electron chi connectivity index (χ2n) is 7.62. The number of carbonyl (C=O) groups is 2. The molecule has 0 aromatic heterocycles. The molecule has 2 atom stereocenters. The van der Waals surface area contributed by atoms with E-state index in [0.717, 1.165) is 51.2 Å². The first-order chi connectivity index (χ1) is 11.6. The molecular weight excluding hydrogens is 306 g/mol. The number of hydrogen-bond acceptors (Lipinski definition) is 4. The Balaban J connectivity index is 1.48. The predicted molar refractivity (Wildman–Crippen MR) is 91.5 cm³/mol. The van der Waals surface area contributed by atoms with Gasteiger partial charge in [0.15, 0.2) is 0 Å². The summed E-state index contributed by atoms with van der Waals surface area (Å²) in [6.07, 6.45) is 3.74. The second kappa shape index (κ2) is 7.83. The molecule has 0 unspecified atom stereocenters. The number of piperidine rings is 2. The maximum atomic E-state index is 12.7. The molecule has 3 aliphatic rings. The largest absolute Gasteiger partial charge is 0.375 e. The van der Waals surface area contributed by atoms with E-state index in [9.17, 15) is 9.59 Å². The third kappa shape index (κ3) is 3.91. The van der Waals surface area contributed by atoms with Crippen LogP contribution < -0.4 is 5.32 Å². The minimum atomic E-state index is -0.241. The summed E-state index contributed by atoms with van der Waals surface area (Å²) in [6, 6.07) is -0.241. The van der Waals surface area contributed by atoms with Crippen LogP contribution in [0.15, 0.2) is 0 Å². The van der Waals surface area contributed by atoms with Gasteiger partial charge in [-0.25, -0.2) is 0 Å². The molecule has 3 fully saturated rings. The molecule has 0 bridgehead atoms.